The Morgan fingerprint density at radius 2 is 1.27 bits per heavy atom. The lowest BCUT2D eigenvalue weighted by Gasteiger charge is -2.51. The smallest absolute Gasteiger partial charge is 0.270 e. The number of aromatic hydroxyl groups is 1. The van der Waals surface area contributed by atoms with Crippen molar-refractivity contribution in [2.45, 2.75) is 135 Å². The molecule has 9 heteroatoms. The van der Waals surface area contributed by atoms with Gasteiger partial charge >= 0.3 is 0 Å². The molecule has 0 bridgehead atoms. The predicted octanol–water partition coefficient (Wildman–Crippen LogP) is 14.4. The molecule has 4 nitrogen and oxygen atoms in total. The molecule has 62 heavy (non-hydrogen) atoms. The van der Waals surface area contributed by atoms with Crippen LogP contribution in [0, 0.1) is 46.3 Å². The number of fused-ring (bicyclic) bond motifs is 10. The van der Waals surface area contributed by atoms with Gasteiger partial charge in [-0.15, -0.1) is 0 Å². The van der Waals surface area contributed by atoms with E-state index in [1.54, 1.807) is 6.07 Å². The van der Waals surface area contributed by atoms with Gasteiger partial charge in [-0.3, -0.25) is 4.79 Å². The summed E-state index contributed by atoms with van der Waals surface area (Å²) in [6, 6.07) is 22.4. The molecule has 8 unspecified atom stereocenters. The van der Waals surface area contributed by atoms with Crippen LogP contribution >= 0.6 is 15.9 Å². The van der Waals surface area contributed by atoms with Gasteiger partial charge in [0, 0.05) is 24.2 Å². The quantitative estimate of drug-likeness (QED) is 0.114. The van der Waals surface area contributed by atoms with Gasteiger partial charge in [0.1, 0.15) is 18.1 Å². The Labute approximate surface area is 373 Å². The summed E-state index contributed by atoms with van der Waals surface area (Å²) in [4.78, 5) is 11.3. The molecule has 334 valence electrons. The van der Waals surface area contributed by atoms with Crippen LogP contribution in [0.25, 0.3) is 0 Å². The Kier molecular flexibility index (Phi) is 13.8. The number of aliphatic hydroxyl groups is 1. The van der Waals surface area contributed by atoms with E-state index < -0.39 is 17.6 Å². The highest BCUT2D eigenvalue weighted by molar-refractivity contribution is 9.18. The summed E-state index contributed by atoms with van der Waals surface area (Å²) in [5.74, 6) is 4.00. The van der Waals surface area contributed by atoms with E-state index in [4.69, 9.17) is 4.74 Å². The molecule has 9 rings (SSSR count). The van der Waals surface area contributed by atoms with E-state index in [0.29, 0.717) is 78.3 Å². The molecule has 6 aliphatic rings. The summed E-state index contributed by atoms with van der Waals surface area (Å²) < 4.78 is 61.9. The summed E-state index contributed by atoms with van der Waals surface area (Å²) in [6.07, 6.45) is 10.3. The van der Waals surface area contributed by atoms with Gasteiger partial charge in [0.05, 0.1) is 0 Å². The van der Waals surface area contributed by atoms with Crippen molar-refractivity contribution >= 4 is 20.6 Å². The molecule has 0 spiro atoms. The van der Waals surface area contributed by atoms with E-state index in [-0.39, 0.29) is 28.6 Å². The SMILES string of the molecule is C[C@]12CCC3c4ccc(O)cc4CCC3C1C(CCCC(=O)Br)CC2=C(F)F.C[C@]12CCC3c4ccc(OCc5ccccc5)cc4CCC3C1C(CCCCO)CC2=C(F)F. The Morgan fingerprint density at radius 1 is 0.726 bits per heavy atom. The molecule has 2 N–H and O–H groups in total. The number of hydrogen-bond acceptors (Lipinski definition) is 4. The Morgan fingerprint density at radius 3 is 1.82 bits per heavy atom. The number of halogens is 5. The van der Waals surface area contributed by atoms with Crippen LogP contribution in [0.5, 0.6) is 11.5 Å². The maximum atomic E-state index is 14.0. The number of rotatable bonds is 11. The van der Waals surface area contributed by atoms with Gasteiger partial charge in [-0.2, -0.15) is 17.6 Å². The molecule has 4 fully saturated rings. The first-order valence-corrected chi connectivity index (χ1v) is 24.1. The first-order valence-electron chi connectivity index (χ1n) is 23.3. The second-order valence-electron chi connectivity index (χ2n) is 20.0. The Bertz CT molecular complexity index is 2150. The molecule has 0 aliphatic heterocycles. The largest absolute Gasteiger partial charge is 0.508 e. The molecule has 3 aromatic carbocycles. The van der Waals surface area contributed by atoms with Crippen LogP contribution in [0.1, 0.15) is 143 Å². The van der Waals surface area contributed by atoms with Crippen molar-refractivity contribution in [3.63, 3.8) is 0 Å². The maximum absolute atomic E-state index is 14.0. The molecule has 4 saturated carbocycles. The number of hydrogen-bond donors (Lipinski definition) is 2. The van der Waals surface area contributed by atoms with Crippen molar-refractivity contribution in [1.82, 2.24) is 0 Å². The van der Waals surface area contributed by atoms with E-state index in [0.717, 1.165) is 94.8 Å². The zero-order valence-electron chi connectivity index (χ0n) is 36.3. The van der Waals surface area contributed by atoms with Gasteiger partial charge in [-0.05, 0) is 216 Å². The monoisotopic (exact) mass is 918 g/mol. The van der Waals surface area contributed by atoms with E-state index in [9.17, 15) is 32.6 Å². The van der Waals surface area contributed by atoms with Gasteiger partial charge in [-0.1, -0.05) is 62.7 Å². The van der Waals surface area contributed by atoms with Gasteiger partial charge < -0.3 is 14.9 Å². The summed E-state index contributed by atoms with van der Waals surface area (Å²) in [5.41, 5.74) is 6.49. The Hall–Kier alpha value is -3.43. The number of carbonyl (C=O) groups excluding carboxylic acids is 1. The van der Waals surface area contributed by atoms with Crippen LogP contribution in [-0.4, -0.2) is 21.5 Å². The van der Waals surface area contributed by atoms with Crippen LogP contribution in [0.2, 0.25) is 0 Å². The molecule has 10 atom stereocenters. The number of carbonyl (C=O) groups is 1. The summed E-state index contributed by atoms with van der Waals surface area (Å²) in [7, 11) is 0. The number of phenols is 1. The first-order chi connectivity index (χ1) is 29.8. The highest BCUT2D eigenvalue weighted by Gasteiger charge is 2.59. The van der Waals surface area contributed by atoms with E-state index in [1.165, 1.54) is 22.3 Å². The fourth-order valence-electron chi connectivity index (χ4n) is 14.3. The van der Waals surface area contributed by atoms with Crippen molar-refractivity contribution in [1.29, 1.82) is 0 Å². The average Bonchev–Trinajstić information content (AvgIpc) is 3.74. The lowest BCUT2D eigenvalue weighted by atomic mass is 9.53. The molecule has 0 aromatic heterocycles. The number of benzene rings is 3. The summed E-state index contributed by atoms with van der Waals surface area (Å²) in [5, 5.41) is 19.1. The molecular weight excluding hydrogens is 856 g/mol. The number of aryl methyl sites for hydroxylation is 2. The van der Waals surface area contributed by atoms with Crippen LogP contribution < -0.4 is 4.74 Å². The third-order valence-corrected chi connectivity index (χ3v) is 17.3. The fourth-order valence-corrected chi connectivity index (χ4v) is 14.6. The van der Waals surface area contributed by atoms with Gasteiger partial charge in [0.15, 0.2) is 4.69 Å². The molecule has 0 radical (unpaired) electrons. The molecule has 3 aromatic rings. The van der Waals surface area contributed by atoms with E-state index in [1.807, 2.05) is 30.3 Å². The third-order valence-electron chi connectivity index (χ3n) is 16.9. The fraction of sp³-hybridized carbons (Fsp3) is 0.566. The number of phenolic OH excluding ortho intramolecular Hbond substituents is 1. The van der Waals surface area contributed by atoms with Crippen LogP contribution in [0.15, 0.2) is 90.0 Å². The highest BCUT2D eigenvalue weighted by atomic mass is 79.9. The minimum absolute atomic E-state index is 0.00591. The summed E-state index contributed by atoms with van der Waals surface area (Å²) in [6.45, 7) is 4.92. The number of ether oxygens (including phenoxy) is 1. The van der Waals surface area contributed by atoms with E-state index in [2.05, 4.69) is 60.1 Å². The zero-order valence-corrected chi connectivity index (χ0v) is 37.9. The lowest BCUT2D eigenvalue weighted by Crippen LogP contribution is -2.42. The molecular formula is C53H63BrF4O4. The standard InChI is InChI=1S/C30H36F2O2.C23H27BrF2O2/c1-30-15-14-25-24-13-11-23(34-19-20-7-3-2-4-8-20)17-21(24)10-12-26(25)28(30)22(9-5-6-16-33)18-27(30)29(31)32;1-23-10-9-17-16-8-6-15(27)11-13(16)5-7-18(17)21(23)14(3-2-4-20(24)28)12-19(23)22(25)26/h2-4,7-8,11,13,17,22,25-26,28,33H,5-6,9-10,12,14-16,18-19H2,1H3;6,8,11,14,17-18,21,27H,2-5,7,9-10,12H2,1H3/t22?,25?,26?,28?,30-;14?,17?,18?,21?,23-/m11/s1. The van der Waals surface area contributed by atoms with Crippen molar-refractivity contribution in [2.24, 2.45) is 46.3 Å². The molecule has 6 aliphatic carbocycles. The van der Waals surface area contributed by atoms with Crippen molar-refractivity contribution < 1.29 is 37.3 Å². The molecule has 0 heterocycles. The van der Waals surface area contributed by atoms with Gasteiger partial charge in [0.25, 0.3) is 12.2 Å². The molecule has 0 saturated heterocycles. The van der Waals surface area contributed by atoms with Crippen LogP contribution in [-0.2, 0) is 24.2 Å². The minimum Gasteiger partial charge on any atom is -0.508 e. The molecule has 0 amide bonds. The van der Waals surface area contributed by atoms with Gasteiger partial charge in [-0.25, -0.2) is 0 Å². The minimum atomic E-state index is -1.48. The maximum Gasteiger partial charge on any atom is 0.270 e. The number of unbranched alkanes of at least 4 members (excludes halogenated alkanes) is 1. The second-order valence-corrected chi connectivity index (χ2v) is 20.9. The highest BCUT2D eigenvalue weighted by Crippen LogP contribution is 2.68. The third kappa shape index (κ3) is 8.84. The van der Waals surface area contributed by atoms with Crippen LogP contribution in [0.4, 0.5) is 17.6 Å². The Balaban J connectivity index is 0.000000174. The number of aliphatic hydroxyl groups excluding tert-OH is 1. The van der Waals surface area contributed by atoms with Crippen molar-refractivity contribution in [3.8, 4) is 11.5 Å². The average molecular weight is 920 g/mol. The van der Waals surface area contributed by atoms with Crippen molar-refractivity contribution in [3.05, 3.63) is 118 Å². The topological polar surface area (TPSA) is 66.8 Å². The summed E-state index contributed by atoms with van der Waals surface area (Å²) >= 11 is 2.99. The normalized spacial score (nSPS) is 31.6. The lowest BCUT2D eigenvalue weighted by molar-refractivity contribution is -0.110. The second kappa shape index (κ2) is 19.0. The van der Waals surface area contributed by atoms with Crippen LogP contribution in [0.3, 0.4) is 0 Å². The predicted molar refractivity (Wildman–Crippen MR) is 240 cm³/mol. The first kappa shape index (κ1) is 45.1. The zero-order chi connectivity index (χ0) is 43.8. The van der Waals surface area contributed by atoms with E-state index >= 15 is 0 Å². The van der Waals surface area contributed by atoms with Gasteiger partial charge in [0.2, 0.25) is 0 Å². The number of allylic oxidation sites excluding steroid dienone is 2. The van der Waals surface area contributed by atoms with Crippen molar-refractivity contribution in [2.75, 3.05) is 6.61 Å².